The van der Waals surface area contributed by atoms with Gasteiger partial charge in [0.2, 0.25) is 11.8 Å². The summed E-state index contributed by atoms with van der Waals surface area (Å²) in [7, 11) is 0. The quantitative estimate of drug-likeness (QED) is 0.535. The van der Waals surface area contributed by atoms with Crippen LogP contribution in [-0.2, 0) is 9.59 Å². The van der Waals surface area contributed by atoms with Crippen LogP contribution in [0.3, 0.4) is 0 Å². The molecule has 10 nitrogen and oxygen atoms in total. The fraction of sp³-hybridized carbons (Fsp3) is 0.455. The van der Waals surface area contributed by atoms with Crippen molar-refractivity contribution in [3.05, 3.63) is 30.4 Å². The third-order valence-corrected chi connectivity index (χ3v) is 5.91. The Hall–Kier alpha value is -3.79. The Morgan fingerprint density at radius 2 is 1.97 bits per heavy atom. The molecule has 1 saturated carbocycles. The van der Waals surface area contributed by atoms with Crippen molar-refractivity contribution >= 4 is 23.3 Å². The zero-order valence-electron chi connectivity index (χ0n) is 18.4. The van der Waals surface area contributed by atoms with Gasteiger partial charge in [0.15, 0.2) is 11.5 Å². The lowest BCUT2D eigenvalue weighted by molar-refractivity contribution is -0.182. The molecule has 1 saturated heterocycles. The van der Waals surface area contributed by atoms with Crippen molar-refractivity contribution in [3.8, 4) is 17.3 Å². The van der Waals surface area contributed by atoms with Crippen LogP contribution in [-0.4, -0.2) is 68.7 Å². The van der Waals surface area contributed by atoms with E-state index in [9.17, 15) is 33.1 Å². The second kappa shape index (κ2) is 9.83. The number of aliphatic hydroxyl groups excluding tert-OH is 1. The molecule has 0 aromatic carbocycles. The minimum absolute atomic E-state index is 0.0111. The van der Waals surface area contributed by atoms with E-state index in [4.69, 9.17) is 0 Å². The molecule has 2 aliphatic rings. The number of nitrogens with zero attached hydrogens (tertiary/aromatic N) is 5. The van der Waals surface area contributed by atoms with E-state index in [1.54, 1.807) is 0 Å². The molecule has 1 aliphatic heterocycles. The standard InChI is InChI=1S/C22H22F3N7O3/c23-22(24,25)18-3-12(11-33)10-32(18)20(34)9-29-15-4-14(6-27-16(15)5-26)17-7-30-19(8-28-17)31-21(35)13-1-2-13/h4,6-8,12-13,18,29,33H,1-3,9-11H2,(H,30,31,35)/t12-,18+/m1/s1. The lowest BCUT2D eigenvalue weighted by Crippen LogP contribution is -2.46. The lowest BCUT2D eigenvalue weighted by atomic mass is 10.1. The summed E-state index contributed by atoms with van der Waals surface area (Å²) >= 11 is 0. The maximum atomic E-state index is 13.4. The summed E-state index contributed by atoms with van der Waals surface area (Å²) in [6.45, 7) is -1.15. The molecule has 2 aromatic heterocycles. The normalized spacial score (nSPS) is 19.8. The van der Waals surface area contributed by atoms with Crippen LogP contribution in [0.2, 0.25) is 0 Å². The largest absolute Gasteiger partial charge is 0.408 e. The van der Waals surface area contributed by atoms with Crippen molar-refractivity contribution in [1.82, 2.24) is 19.9 Å². The maximum absolute atomic E-state index is 13.4. The summed E-state index contributed by atoms with van der Waals surface area (Å²) in [5.41, 5.74) is 0.919. The summed E-state index contributed by atoms with van der Waals surface area (Å²) in [6, 6.07) is 1.39. The molecular weight excluding hydrogens is 467 g/mol. The van der Waals surface area contributed by atoms with Crippen LogP contribution in [0.25, 0.3) is 11.3 Å². The number of likely N-dealkylation sites (tertiary alicyclic amines) is 1. The van der Waals surface area contributed by atoms with Crippen molar-refractivity contribution in [3.63, 3.8) is 0 Å². The highest BCUT2D eigenvalue weighted by atomic mass is 19.4. The monoisotopic (exact) mass is 489 g/mol. The Balaban J connectivity index is 1.46. The second-order valence-electron chi connectivity index (χ2n) is 8.52. The second-order valence-corrected chi connectivity index (χ2v) is 8.52. The Bertz CT molecular complexity index is 1150. The van der Waals surface area contributed by atoms with E-state index >= 15 is 0 Å². The van der Waals surface area contributed by atoms with Gasteiger partial charge in [0.1, 0.15) is 12.1 Å². The third-order valence-electron chi connectivity index (χ3n) is 5.91. The van der Waals surface area contributed by atoms with E-state index in [-0.39, 0.29) is 36.2 Å². The van der Waals surface area contributed by atoms with Gasteiger partial charge in [0, 0.05) is 36.7 Å². The molecule has 4 rings (SSSR count). The van der Waals surface area contributed by atoms with E-state index in [1.165, 1.54) is 24.7 Å². The highest BCUT2D eigenvalue weighted by Crippen LogP contribution is 2.35. The van der Waals surface area contributed by atoms with Crippen molar-refractivity contribution < 1.29 is 27.9 Å². The molecule has 0 bridgehead atoms. The molecule has 13 heteroatoms. The van der Waals surface area contributed by atoms with E-state index in [0.29, 0.717) is 22.0 Å². The number of alkyl halides is 3. The van der Waals surface area contributed by atoms with E-state index in [2.05, 4.69) is 25.6 Å². The van der Waals surface area contributed by atoms with Crippen LogP contribution in [0.1, 0.15) is 25.0 Å². The molecule has 0 spiro atoms. The van der Waals surface area contributed by atoms with Gasteiger partial charge in [-0.15, -0.1) is 0 Å². The van der Waals surface area contributed by atoms with E-state index < -0.39 is 37.2 Å². The van der Waals surface area contributed by atoms with Crippen LogP contribution in [0.5, 0.6) is 0 Å². The van der Waals surface area contributed by atoms with Crippen molar-refractivity contribution in [2.45, 2.75) is 31.5 Å². The average Bonchev–Trinajstić information content (AvgIpc) is 3.60. The van der Waals surface area contributed by atoms with Gasteiger partial charge in [0.05, 0.1) is 30.3 Å². The molecule has 1 aliphatic carbocycles. The van der Waals surface area contributed by atoms with Crippen LogP contribution in [0.15, 0.2) is 24.7 Å². The zero-order valence-corrected chi connectivity index (χ0v) is 18.4. The number of anilines is 2. The maximum Gasteiger partial charge on any atom is 0.408 e. The highest BCUT2D eigenvalue weighted by molar-refractivity contribution is 5.93. The van der Waals surface area contributed by atoms with Gasteiger partial charge in [-0.1, -0.05) is 0 Å². The number of nitrogens with one attached hydrogen (secondary N) is 2. The SMILES string of the molecule is N#Cc1ncc(-c2cnc(NC(=O)C3CC3)cn2)cc1NCC(=O)N1C[C@H](CO)C[C@H]1C(F)(F)F. The molecule has 2 amide bonds. The summed E-state index contributed by atoms with van der Waals surface area (Å²) in [5, 5.41) is 24.0. The fourth-order valence-corrected chi connectivity index (χ4v) is 3.86. The highest BCUT2D eigenvalue weighted by Gasteiger charge is 2.50. The van der Waals surface area contributed by atoms with Gasteiger partial charge in [-0.05, 0) is 25.3 Å². The molecule has 2 atom stereocenters. The lowest BCUT2D eigenvalue weighted by Gasteiger charge is -2.26. The number of pyridine rings is 1. The Morgan fingerprint density at radius 3 is 2.57 bits per heavy atom. The molecule has 35 heavy (non-hydrogen) atoms. The number of hydrogen-bond acceptors (Lipinski definition) is 8. The summed E-state index contributed by atoms with van der Waals surface area (Å²) in [6.07, 6.45) is 0.903. The number of aliphatic hydroxyl groups is 1. The molecule has 0 unspecified atom stereocenters. The average molecular weight is 489 g/mol. The number of nitriles is 1. The van der Waals surface area contributed by atoms with Gasteiger partial charge in [-0.25, -0.2) is 9.97 Å². The molecule has 2 aromatic rings. The number of carbonyl (C=O) groups excluding carboxylic acids is 2. The predicted molar refractivity (Wildman–Crippen MR) is 117 cm³/mol. The summed E-state index contributed by atoms with van der Waals surface area (Å²) < 4.78 is 40.1. The Labute approximate surface area is 198 Å². The van der Waals surface area contributed by atoms with E-state index in [1.807, 2.05) is 6.07 Å². The van der Waals surface area contributed by atoms with Crippen LogP contribution in [0, 0.1) is 23.2 Å². The third kappa shape index (κ3) is 5.65. The molecule has 184 valence electrons. The number of rotatable bonds is 7. The number of hydrogen-bond donors (Lipinski definition) is 3. The molecule has 3 N–H and O–H groups in total. The van der Waals surface area contributed by atoms with Crippen molar-refractivity contribution in [2.75, 3.05) is 30.3 Å². The van der Waals surface area contributed by atoms with Crippen LogP contribution >= 0.6 is 0 Å². The number of halogens is 3. The van der Waals surface area contributed by atoms with Gasteiger partial charge >= 0.3 is 6.18 Å². The van der Waals surface area contributed by atoms with Crippen LogP contribution < -0.4 is 10.6 Å². The zero-order chi connectivity index (χ0) is 25.2. The number of carbonyl (C=O) groups is 2. The topological polar surface area (TPSA) is 144 Å². The van der Waals surface area contributed by atoms with Gasteiger partial charge in [-0.3, -0.25) is 14.6 Å². The minimum atomic E-state index is -4.61. The van der Waals surface area contributed by atoms with Gasteiger partial charge in [0.25, 0.3) is 0 Å². The first-order valence-electron chi connectivity index (χ1n) is 10.9. The smallest absolute Gasteiger partial charge is 0.396 e. The number of amides is 2. The van der Waals surface area contributed by atoms with Gasteiger partial charge < -0.3 is 20.6 Å². The number of aromatic nitrogens is 3. The first-order chi connectivity index (χ1) is 16.7. The van der Waals surface area contributed by atoms with Crippen molar-refractivity contribution in [2.24, 2.45) is 11.8 Å². The fourth-order valence-electron chi connectivity index (χ4n) is 3.86. The summed E-state index contributed by atoms with van der Waals surface area (Å²) in [5.74, 6) is -1.27. The van der Waals surface area contributed by atoms with Crippen molar-refractivity contribution in [1.29, 1.82) is 5.26 Å². The first kappa shape index (κ1) is 24.3. The molecule has 3 heterocycles. The molecule has 2 fully saturated rings. The minimum Gasteiger partial charge on any atom is -0.396 e. The predicted octanol–water partition coefficient (Wildman–Crippen LogP) is 1.94. The Kier molecular flexibility index (Phi) is 6.83. The van der Waals surface area contributed by atoms with E-state index in [0.717, 1.165) is 12.8 Å². The van der Waals surface area contributed by atoms with Gasteiger partial charge in [-0.2, -0.15) is 18.4 Å². The Morgan fingerprint density at radius 1 is 1.20 bits per heavy atom. The first-order valence-corrected chi connectivity index (χ1v) is 10.9. The molecule has 0 radical (unpaired) electrons. The molecular formula is C22H22F3N7O3. The summed E-state index contributed by atoms with van der Waals surface area (Å²) in [4.78, 5) is 37.6. The van der Waals surface area contributed by atoms with Crippen LogP contribution in [0.4, 0.5) is 24.7 Å².